The van der Waals surface area contributed by atoms with E-state index in [2.05, 4.69) is 9.97 Å². The number of amides is 1. The van der Waals surface area contributed by atoms with E-state index in [-0.39, 0.29) is 44.9 Å². The summed E-state index contributed by atoms with van der Waals surface area (Å²) < 4.78 is 47.9. The molecule has 0 fully saturated rings. The second-order valence-electron chi connectivity index (χ2n) is 7.00. The summed E-state index contributed by atoms with van der Waals surface area (Å²) in [6.45, 7) is 0. The van der Waals surface area contributed by atoms with Gasteiger partial charge in [-0.2, -0.15) is 13.2 Å². The topological polar surface area (TPSA) is 137 Å². The molecule has 0 spiro atoms. The number of halogens is 3. The third-order valence-electron chi connectivity index (χ3n) is 4.89. The van der Waals surface area contributed by atoms with Gasteiger partial charge in [0.2, 0.25) is 11.8 Å². The van der Waals surface area contributed by atoms with Gasteiger partial charge in [0, 0.05) is 28.8 Å². The molecular formula is C22H13F3N4O5. The predicted molar refractivity (Wildman–Crippen MR) is 112 cm³/mol. The largest absolute Gasteiger partial charge is 0.464 e. The van der Waals surface area contributed by atoms with Crippen LogP contribution in [-0.4, -0.2) is 37.9 Å². The molecule has 4 rings (SSSR count). The molecule has 34 heavy (non-hydrogen) atoms. The lowest BCUT2D eigenvalue weighted by atomic mass is 9.96. The summed E-state index contributed by atoms with van der Waals surface area (Å²) in [5, 5.41) is 9.68. The minimum Gasteiger partial charge on any atom is -0.464 e. The number of nitrogens with two attached hydrogens (primary N) is 1. The summed E-state index contributed by atoms with van der Waals surface area (Å²) in [6, 6.07) is 8.14. The van der Waals surface area contributed by atoms with Gasteiger partial charge in [-0.15, -0.1) is 0 Å². The van der Waals surface area contributed by atoms with Gasteiger partial charge in [0.25, 0.3) is 0 Å². The maximum atomic E-state index is 13.8. The number of hydrogen-bond donors (Lipinski definition) is 2. The van der Waals surface area contributed by atoms with E-state index in [1.807, 2.05) is 0 Å². The molecule has 2 aromatic heterocycles. The first-order valence-electron chi connectivity index (χ1n) is 9.43. The fraction of sp³-hybridized carbons (Fsp3) is 0.0455. The molecule has 0 radical (unpaired) electrons. The van der Waals surface area contributed by atoms with Crippen LogP contribution < -0.4 is 10.5 Å². The van der Waals surface area contributed by atoms with E-state index >= 15 is 0 Å². The van der Waals surface area contributed by atoms with Gasteiger partial charge in [0.05, 0.1) is 11.1 Å². The van der Waals surface area contributed by atoms with Crippen LogP contribution in [0.4, 0.5) is 18.0 Å². The summed E-state index contributed by atoms with van der Waals surface area (Å²) in [5.74, 6) is -0.924. The fourth-order valence-corrected chi connectivity index (χ4v) is 3.41. The Morgan fingerprint density at radius 1 is 1.06 bits per heavy atom. The van der Waals surface area contributed by atoms with Crippen molar-refractivity contribution in [2.45, 2.75) is 6.18 Å². The molecule has 0 aliphatic carbocycles. The molecular weight excluding hydrogens is 457 g/mol. The summed E-state index contributed by atoms with van der Waals surface area (Å²) in [7, 11) is 0. The predicted octanol–water partition coefficient (Wildman–Crippen LogP) is 4.35. The number of ether oxygens (including phenoxy) is 1. The van der Waals surface area contributed by atoms with Crippen LogP contribution in [0.25, 0.3) is 22.0 Å². The van der Waals surface area contributed by atoms with Crippen LogP contribution in [0.3, 0.4) is 0 Å². The molecule has 1 amide bonds. The van der Waals surface area contributed by atoms with E-state index in [1.54, 1.807) is 0 Å². The number of carbonyl (C=O) groups excluding carboxylic acids is 2. The highest BCUT2D eigenvalue weighted by Crippen LogP contribution is 2.41. The average Bonchev–Trinajstić information content (AvgIpc) is 3.17. The van der Waals surface area contributed by atoms with Gasteiger partial charge < -0.3 is 15.6 Å². The summed E-state index contributed by atoms with van der Waals surface area (Å²) in [6.07, 6.45) is -3.66. The van der Waals surface area contributed by atoms with E-state index in [1.165, 1.54) is 24.3 Å². The second kappa shape index (κ2) is 8.31. The van der Waals surface area contributed by atoms with Gasteiger partial charge in [-0.05, 0) is 35.9 Å². The fourth-order valence-electron chi connectivity index (χ4n) is 3.41. The number of rotatable bonds is 5. The summed E-state index contributed by atoms with van der Waals surface area (Å²) in [5.41, 5.74) is 3.34. The SMILES string of the molecule is NC(=O)c1ccc(-c2cn(C(=O)O)c3ccc(Oc4cc(C=O)ncn4)cc23)c(C(F)(F)F)c1. The van der Waals surface area contributed by atoms with Crippen molar-refractivity contribution in [1.82, 2.24) is 14.5 Å². The Labute approximate surface area is 188 Å². The smallest absolute Gasteiger partial charge is 0.417 e. The number of carboxylic acid groups (broad SMARTS) is 1. The average molecular weight is 470 g/mol. The highest BCUT2D eigenvalue weighted by Gasteiger charge is 2.35. The Balaban J connectivity index is 1.92. The summed E-state index contributed by atoms with van der Waals surface area (Å²) in [4.78, 5) is 41.6. The van der Waals surface area contributed by atoms with Crippen molar-refractivity contribution in [3.8, 4) is 22.8 Å². The number of carbonyl (C=O) groups is 3. The molecule has 0 bridgehead atoms. The number of hydrogen-bond acceptors (Lipinski definition) is 6. The van der Waals surface area contributed by atoms with E-state index in [0.717, 1.165) is 29.2 Å². The van der Waals surface area contributed by atoms with Crippen LogP contribution in [0.5, 0.6) is 11.6 Å². The highest BCUT2D eigenvalue weighted by molar-refractivity contribution is 6.02. The Morgan fingerprint density at radius 2 is 1.82 bits per heavy atom. The van der Waals surface area contributed by atoms with Crippen LogP contribution in [0.2, 0.25) is 0 Å². The molecule has 0 saturated heterocycles. The van der Waals surface area contributed by atoms with E-state index in [4.69, 9.17) is 10.5 Å². The third-order valence-corrected chi connectivity index (χ3v) is 4.89. The zero-order chi connectivity index (χ0) is 24.6. The van der Waals surface area contributed by atoms with Gasteiger partial charge in [0.15, 0.2) is 6.29 Å². The van der Waals surface area contributed by atoms with E-state index in [0.29, 0.717) is 12.4 Å². The Morgan fingerprint density at radius 3 is 2.47 bits per heavy atom. The number of benzene rings is 2. The summed E-state index contributed by atoms with van der Waals surface area (Å²) >= 11 is 0. The number of aromatic nitrogens is 3. The van der Waals surface area contributed by atoms with Crippen molar-refractivity contribution in [2.75, 3.05) is 0 Å². The van der Waals surface area contributed by atoms with Crippen LogP contribution in [-0.2, 0) is 6.18 Å². The molecule has 9 nitrogen and oxygen atoms in total. The highest BCUT2D eigenvalue weighted by atomic mass is 19.4. The van der Waals surface area contributed by atoms with Crippen molar-refractivity contribution in [3.05, 3.63) is 71.8 Å². The molecule has 2 aromatic carbocycles. The molecule has 0 aliphatic heterocycles. The van der Waals surface area contributed by atoms with Crippen LogP contribution in [0.15, 0.2) is 55.0 Å². The van der Waals surface area contributed by atoms with Crippen LogP contribution >= 0.6 is 0 Å². The van der Waals surface area contributed by atoms with Gasteiger partial charge in [0.1, 0.15) is 17.8 Å². The number of alkyl halides is 3. The number of primary amides is 1. The van der Waals surface area contributed by atoms with Crippen molar-refractivity contribution in [2.24, 2.45) is 5.73 Å². The monoisotopic (exact) mass is 470 g/mol. The van der Waals surface area contributed by atoms with Crippen molar-refractivity contribution < 1.29 is 37.4 Å². The van der Waals surface area contributed by atoms with E-state index < -0.39 is 23.7 Å². The second-order valence-corrected chi connectivity index (χ2v) is 7.00. The van der Waals surface area contributed by atoms with Crippen LogP contribution in [0.1, 0.15) is 26.4 Å². The molecule has 0 unspecified atom stereocenters. The standard InChI is InChI=1S/C22H13F3N4O5/c23-22(24,25)17-5-11(20(26)31)1-3-14(17)16-8-29(21(32)33)18-4-2-13(7-15(16)18)34-19-6-12(9-30)27-10-28-19/h1-10H,(H2,26,31)(H,32,33). The number of aldehydes is 1. The molecule has 4 aromatic rings. The lowest BCUT2D eigenvalue weighted by molar-refractivity contribution is -0.137. The van der Waals surface area contributed by atoms with Crippen molar-refractivity contribution >= 4 is 29.2 Å². The first-order valence-corrected chi connectivity index (χ1v) is 9.43. The van der Waals surface area contributed by atoms with Gasteiger partial charge in [-0.1, -0.05) is 6.07 Å². The third kappa shape index (κ3) is 4.16. The van der Waals surface area contributed by atoms with Crippen LogP contribution in [0, 0.1) is 0 Å². The quantitative estimate of drug-likeness (QED) is 0.414. The minimum absolute atomic E-state index is 0.00235. The zero-order valence-corrected chi connectivity index (χ0v) is 16.9. The number of nitrogens with zero attached hydrogens (tertiary/aromatic N) is 3. The molecule has 0 aliphatic rings. The zero-order valence-electron chi connectivity index (χ0n) is 16.9. The van der Waals surface area contributed by atoms with Gasteiger partial charge in [-0.3, -0.25) is 14.2 Å². The molecule has 12 heteroatoms. The maximum absolute atomic E-state index is 13.8. The lowest BCUT2D eigenvalue weighted by Gasteiger charge is -2.14. The van der Waals surface area contributed by atoms with Crippen molar-refractivity contribution in [3.63, 3.8) is 0 Å². The van der Waals surface area contributed by atoms with Crippen molar-refractivity contribution in [1.29, 1.82) is 0 Å². The first kappa shape index (κ1) is 22.5. The first-order chi connectivity index (χ1) is 16.1. The maximum Gasteiger partial charge on any atom is 0.417 e. The minimum atomic E-state index is -4.86. The molecule has 0 saturated carbocycles. The molecule has 0 atom stereocenters. The Kier molecular flexibility index (Phi) is 5.49. The normalized spacial score (nSPS) is 11.4. The van der Waals surface area contributed by atoms with Gasteiger partial charge in [-0.25, -0.2) is 14.8 Å². The molecule has 172 valence electrons. The molecule has 2 heterocycles. The number of fused-ring (bicyclic) bond motifs is 1. The lowest BCUT2D eigenvalue weighted by Crippen LogP contribution is -2.14. The molecule has 3 N–H and O–H groups in total. The Bertz CT molecular complexity index is 1460. The van der Waals surface area contributed by atoms with E-state index in [9.17, 15) is 32.7 Å². The Hall–Kier alpha value is -4.74. The van der Waals surface area contributed by atoms with Gasteiger partial charge >= 0.3 is 12.3 Å².